The summed E-state index contributed by atoms with van der Waals surface area (Å²) in [6, 6.07) is 12.7. The van der Waals surface area contributed by atoms with E-state index in [2.05, 4.69) is 25.8 Å². The van der Waals surface area contributed by atoms with Gasteiger partial charge in [0.1, 0.15) is 13.2 Å². The topological polar surface area (TPSA) is 98.3 Å². The fourth-order valence-electron chi connectivity index (χ4n) is 2.60. The van der Waals surface area contributed by atoms with Crippen LogP contribution < -0.4 is 20.1 Å². The van der Waals surface area contributed by atoms with Crippen molar-refractivity contribution in [2.45, 2.75) is 6.92 Å². The monoisotopic (exact) mass is 363 g/mol. The zero-order chi connectivity index (χ0) is 18.6. The van der Waals surface area contributed by atoms with Gasteiger partial charge in [-0.15, -0.1) is 5.10 Å². The number of rotatable bonds is 5. The Morgan fingerprint density at radius 1 is 0.963 bits per heavy atom. The summed E-state index contributed by atoms with van der Waals surface area (Å²) in [5, 5.41) is 14.2. The Labute approximate surface area is 155 Å². The molecule has 2 N–H and O–H groups in total. The van der Waals surface area contributed by atoms with Crippen LogP contribution >= 0.6 is 0 Å². The first-order valence-electron chi connectivity index (χ1n) is 8.42. The van der Waals surface area contributed by atoms with Crippen molar-refractivity contribution in [2.24, 2.45) is 0 Å². The number of anilines is 4. The highest BCUT2D eigenvalue weighted by molar-refractivity contribution is 5.94. The lowest BCUT2D eigenvalue weighted by atomic mass is 10.1. The molecule has 8 heteroatoms. The highest BCUT2D eigenvalue weighted by atomic mass is 16.6. The van der Waals surface area contributed by atoms with Crippen LogP contribution in [0.15, 0.2) is 48.7 Å². The van der Waals surface area contributed by atoms with Gasteiger partial charge in [-0.1, -0.05) is 0 Å². The average molecular weight is 363 g/mol. The van der Waals surface area contributed by atoms with Crippen molar-refractivity contribution in [2.75, 3.05) is 23.8 Å². The molecule has 0 amide bonds. The summed E-state index contributed by atoms with van der Waals surface area (Å²) in [6.45, 7) is 2.61. The molecule has 0 bridgehead atoms. The van der Waals surface area contributed by atoms with Crippen LogP contribution in [-0.4, -0.2) is 34.2 Å². The van der Waals surface area contributed by atoms with Crippen LogP contribution in [0.5, 0.6) is 11.5 Å². The fourth-order valence-corrected chi connectivity index (χ4v) is 2.60. The maximum absolute atomic E-state index is 11.3. The lowest BCUT2D eigenvalue weighted by Crippen LogP contribution is -2.15. The van der Waals surface area contributed by atoms with Gasteiger partial charge >= 0.3 is 0 Å². The van der Waals surface area contributed by atoms with Crippen LogP contribution in [0.4, 0.5) is 23.1 Å². The van der Waals surface area contributed by atoms with E-state index in [9.17, 15) is 4.79 Å². The molecule has 0 fully saturated rings. The lowest BCUT2D eigenvalue weighted by Gasteiger charge is -2.19. The molecular weight excluding hydrogens is 346 g/mol. The number of carbonyl (C=O) groups excluding carboxylic acids is 1. The van der Waals surface area contributed by atoms with Gasteiger partial charge in [-0.05, 0) is 43.3 Å². The van der Waals surface area contributed by atoms with Gasteiger partial charge in [-0.3, -0.25) is 4.79 Å². The molecule has 1 aliphatic rings. The van der Waals surface area contributed by atoms with Crippen LogP contribution in [0.2, 0.25) is 0 Å². The van der Waals surface area contributed by atoms with Crippen molar-refractivity contribution in [3.05, 3.63) is 54.2 Å². The van der Waals surface area contributed by atoms with Crippen molar-refractivity contribution in [3.63, 3.8) is 0 Å². The highest BCUT2D eigenvalue weighted by Gasteiger charge is 2.12. The Morgan fingerprint density at radius 3 is 2.48 bits per heavy atom. The molecule has 0 saturated heterocycles. The molecule has 2 aromatic carbocycles. The van der Waals surface area contributed by atoms with Crippen molar-refractivity contribution in [1.82, 2.24) is 15.2 Å². The molecule has 0 atom stereocenters. The Morgan fingerprint density at radius 2 is 1.70 bits per heavy atom. The number of aromatic nitrogens is 3. The number of ether oxygens (including phenoxy) is 2. The van der Waals surface area contributed by atoms with Gasteiger partial charge in [-0.25, -0.2) is 0 Å². The summed E-state index contributed by atoms with van der Waals surface area (Å²) in [6.07, 6.45) is 1.53. The van der Waals surface area contributed by atoms with E-state index in [4.69, 9.17) is 9.47 Å². The lowest BCUT2D eigenvalue weighted by molar-refractivity contribution is 0.101. The van der Waals surface area contributed by atoms with Crippen LogP contribution in [0.3, 0.4) is 0 Å². The molecule has 1 aliphatic heterocycles. The Balaban J connectivity index is 1.48. The van der Waals surface area contributed by atoms with Crippen LogP contribution in [0.25, 0.3) is 0 Å². The first-order valence-corrected chi connectivity index (χ1v) is 8.42. The minimum Gasteiger partial charge on any atom is -0.486 e. The van der Waals surface area contributed by atoms with Gasteiger partial charge in [0, 0.05) is 23.0 Å². The summed E-state index contributed by atoms with van der Waals surface area (Å²) < 4.78 is 11.1. The fraction of sp³-hybridized carbons (Fsp3) is 0.158. The minimum atomic E-state index is 0.0186. The van der Waals surface area contributed by atoms with E-state index in [1.54, 1.807) is 24.3 Å². The second-order valence-corrected chi connectivity index (χ2v) is 5.91. The van der Waals surface area contributed by atoms with E-state index in [1.165, 1.54) is 13.1 Å². The number of nitrogens with zero attached hydrogens (tertiary/aromatic N) is 3. The second-order valence-electron chi connectivity index (χ2n) is 5.91. The zero-order valence-corrected chi connectivity index (χ0v) is 14.6. The van der Waals surface area contributed by atoms with Gasteiger partial charge in [0.2, 0.25) is 5.95 Å². The molecule has 0 unspecified atom stereocenters. The van der Waals surface area contributed by atoms with Gasteiger partial charge in [0.05, 0.1) is 6.20 Å². The molecule has 2 heterocycles. The summed E-state index contributed by atoms with van der Waals surface area (Å²) in [4.78, 5) is 15.7. The molecule has 0 saturated carbocycles. The van der Waals surface area contributed by atoms with Crippen molar-refractivity contribution >= 4 is 28.9 Å². The molecule has 1 aromatic heterocycles. The highest BCUT2D eigenvalue weighted by Crippen LogP contribution is 2.33. The average Bonchev–Trinajstić information content (AvgIpc) is 2.69. The van der Waals surface area contributed by atoms with Crippen molar-refractivity contribution in [1.29, 1.82) is 0 Å². The van der Waals surface area contributed by atoms with Gasteiger partial charge in [-0.2, -0.15) is 10.1 Å². The number of hydrogen-bond donors (Lipinski definition) is 2. The Kier molecular flexibility index (Phi) is 4.52. The minimum absolute atomic E-state index is 0.0186. The first-order chi connectivity index (χ1) is 13.2. The van der Waals surface area contributed by atoms with Gasteiger partial charge < -0.3 is 20.1 Å². The zero-order valence-electron chi connectivity index (χ0n) is 14.6. The van der Waals surface area contributed by atoms with E-state index in [0.717, 1.165) is 17.1 Å². The summed E-state index contributed by atoms with van der Waals surface area (Å²) >= 11 is 0. The number of Topliss-reactive ketones (excluding diaryl/α,β-unsaturated/α-hetero) is 1. The number of hydrogen-bond acceptors (Lipinski definition) is 8. The quantitative estimate of drug-likeness (QED) is 0.666. The maximum Gasteiger partial charge on any atom is 0.249 e. The molecule has 27 heavy (non-hydrogen) atoms. The third-order valence-electron chi connectivity index (χ3n) is 3.92. The molecular formula is C19H17N5O3. The summed E-state index contributed by atoms with van der Waals surface area (Å²) in [5.41, 5.74) is 2.21. The smallest absolute Gasteiger partial charge is 0.249 e. The van der Waals surface area contributed by atoms with Crippen LogP contribution in [-0.2, 0) is 0 Å². The van der Waals surface area contributed by atoms with Crippen LogP contribution in [0, 0.1) is 0 Å². The van der Waals surface area contributed by atoms with E-state index in [-0.39, 0.29) is 5.78 Å². The Bertz CT molecular complexity index is 975. The van der Waals surface area contributed by atoms with Crippen LogP contribution in [0.1, 0.15) is 17.3 Å². The van der Waals surface area contributed by atoms with Gasteiger partial charge in [0.25, 0.3) is 0 Å². The summed E-state index contributed by atoms with van der Waals surface area (Å²) in [7, 11) is 0. The standard InChI is InChI=1S/C19H17N5O3/c1-12(25)13-2-4-14(5-3-13)22-19-23-18(11-20-24-19)21-15-6-7-16-17(10-15)27-9-8-26-16/h2-7,10-11H,8-9H2,1H3,(H2,21,22,23,24). The second kappa shape index (κ2) is 7.28. The van der Waals surface area contributed by atoms with Gasteiger partial charge in [0.15, 0.2) is 23.1 Å². The number of nitrogens with one attached hydrogen (secondary N) is 2. The van der Waals surface area contributed by atoms with E-state index in [1.807, 2.05) is 18.2 Å². The molecule has 3 aromatic rings. The third kappa shape index (κ3) is 3.95. The van der Waals surface area contributed by atoms with Crippen molar-refractivity contribution in [3.8, 4) is 11.5 Å². The molecule has 136 valence electrons. The number of benzene rings is 2. The molecule has 0 radical (unpaired) electrons. The molecule has 0 spiro atoms. The van der Waals surface area contributed by atoms with Crippen molar-refractivity contribution < 1.29 is 14.3 Å². The SMILES string of the molecule is CC(=O)c1ccc(Nc2nncc(Nc3ccc4c(c3)OCCO4)n2)cc1. The predicted molar refractivity (Wildman–Crippen MR) is 100 cm³/mol. The normalized spacial score (nSPS) is 12.3. The first kappa shape index (κ1) is 16.8. The number of fused-ring (bicyclic) bond motifs is 1. The summed E-state index contributed by atoms with van der Waals surface area (Å²) in [5.74, 6) is 2.31. The predicted octanol–water partition coefficient (Wildman–Crippen LogP) is 3.33. The Hall–Kier alpha value is -3.68. The number of ketones is 1. The number of carbonyl (C=O) groups is 1. The molecule has 4 rings (SSSR count). The molecule has 0 aliphatic carbocycles. The maximum atomic E-state index is 11.3. The van der Waals surface area contributed by atoms with E-state index < -0.39 is 0 Å². The van der Waals surface area contributed by atoms with E-state index in [0.29, 0.717) is 36.3 Å². The largest absolute Gasteiger partial charge is 0.486 e. The third-order valence-corrected chi connectivity index (χ3v) is 3.92. The molecule has 8 nitrogen and oxygen atoms in total. The van der Waals surface area contributed by atoms with E-state index >= 15 is 0 Å².